The number of methoxy groups -OCH3 is 1. The summed E-state index contributed by atoms with van der Waals surface area (Å²) < 4.78 is 10.8. The van der Waals surface area contributed by atoms with Crippen LogP contribution in [0.15, 0.2) is 30.5 Å². The van der Waals surface area contributed by atoms with E-state index in [4.69, 9.17) is 15.2 Å². The number of anilines is 2. The molecule has 1 aliphatic rings. The Balaban J connectivity index is 1.88. The van der Waals surface area contributed by atoms with Crippen LogP contribution in [-0.4, -0.2) is 36.3 Å². The number of aromatic nitrogens is 2. The summed E-state index contributed by atoms with van der Waals surface area (Å²) in [4.78, 5) is 8.89. The molecule has 0 atom stereocenters. The Morgan fingerprint density at radius 3 is 2.82 bits per heavy atom. The van der Waals surface area contributed by atoms with Gasteiger partial charge in [-0.3, -0.25) is 0 Å². The van der Waals surface area contributed by atoms with Gasteiger partial charge in [-0.15, -0.1) is 0 Å². The summed E-state index contributed by atoms with van der Waals surface area (Å²) in [5.41, 5.74) is 7.59. The molecule has 0 amide bonds. The van der Waals surface area contributed by atoms with Crippen molar-refractivity contribution in [2.45, 2.75) is 18.9 Å². The van der Waals surface area contributed by atoms with Crippen molar-refractivity contribution in [3.8, 4) is 17.0 Å². The normalized spacial score (nSPS) is 15.5. The first kappa shape index (κ1) is 14.6. The second-order valence-corrected chi connectivity index (χ2v) is 5.22. The third-order valence-corrected chi connectivity index (χ3v) is 3.75. The Morgan fingerprint density at radius 1 is 1.27 bits per heavy atom. The number of benzene rings is 1. The number of nitrogens with one attached hydrogen (secondary N) is 1. The molecule has 6 nitrogen and oxygen atoms in total. The molecule has 22 heavy (non-hydrogen) atoms. The van der Waals surface area contributed by atoms with Crippen molar-refractivity contribution in [3.05, 3.63) is 30.5 Å². The highest BCUT2D eigenvalue weighted by Gasteiger charge is 2.17. The van der Waals surface area contributed by atoms with Crippen LogP contribution in [0.5, 0.6) is 5.75 Å². The van der Waals surface area contributed by atoms with Crippen LogP contribution in [0.4, 0.5) is 11.6 Å². The summed E-state index contributed by atoms with van der Waals surface area (Å²) in [6.07, 6.45) is 3.56. The Kier molecular flexibility index (Phi) is 4.39. The maximum atomic E-state index is 5.96. The van der Waals surface area contributed by atoms with E-state index in [-0.39, 0.29) is 0 Å². The van der Waals surface area contributed by atoms with Gasteiger partial charge in [0.25, 0.3) is 0 Å². The zero-order chi connectivity index (χ0) is 15.4. The van der Waals surface area contributed by atoms with Crippen LogP contribution in [0.3, 0.4) is 0 Å². The summed E-state index contributed by atoms with van der Waals surface area (Å²) in [5, 5.41) is 3.38. The zero-order valence-electron chi connectivity index (χ0n) is 12.6. The number of nitrogens with two attached hydrogens (primary N) is 1. The molecule has 6 heteroatoms. The minimum atomic E-state index is 0.318. The van der Waals surface area contributed by atoms with Crippen LogP contribution < -0.4 is 15.8 Å². The molecule has 0 unspecified atom stereocenters. The molecule has 2 aromatic rings. The van der Waals surface area contributed by atoms with Gasteiger partial charge in [-0.05, 0) is 25.0 Å². The fourth-order valence-electron chi connectivity index (χ4n) is 2.53. The van der Waals surface area contributed by atoms with E-state index >= 15 is 0 Å². The molecule has 1 saturated heterocycles. The lowest BCUT2D eigenvalue weighted by molar-refractivity contribution is 0.0904. The van der Waals surface area contributed by atoms with Gasteiger partial charge in [-0.25, -0.2) is 9.97 Å². The molecule has 0 aliphatic carbocycles. The Hall–Kier alpha value is -2.34. The minimum absolute atomic E-state index is 0.318. The molecule has 1 fully saturated rings. The topological polar surface area (TPSA) is 82.3 Å². The summed E-state index contributed by atoms with van der Waals surface area (Å²) in [7, 11) is 1.64. The first-order chi connectivity index (χ1) is 10.8. The van der Waals surface area contributed by atoms with Crippen molar-refractivity contribution in [1.29, 1.82) is 0 Å². The smallest absolute Gasteiger partial charge is 0.169 e. The monoisotopic (exact) mass is 300 g/mol. The molecule has 1 aromatic heterocycles. The van der Waals surface area contributed by atoms with E-state index in [1.807, 2.05) is 24.3 Å². The van der Waals surface area contributed by atoms with Crippen LogP contribution in [0.2, 0.25) is 0 Å². The number of para-hydroxylation sites is 1. The van der Waals surface area contributed by atoms with Gasteiger partial charge in [-0.2, -0.15) is 0 Å². The summed E-state index contributed by atoms with van der Waals surface area (Å²) in [6, 6.07) is 8.05. The van der Waals surface area contributed by atoms with E-state index in [1.165, 1.54) is 0 Å². The van der Waals surface area contributed by atoms with Gasteiger partial charge in [-0.1, -0.05) is 12.1 Å². The molecule has 1 aliphatic heterocycles. The van der Waals surface area contributed by atoms with Crippen molar-refractivity contribution < 1.29 is 9.47 Å². The third kappa shape index (κ3) is 3.12. The van der Waals surface area contributed by atoms with Gasteiger partial charge in [0, 0.05) is 24.8 Å². The highest BCUT2D eigenvalue weighted by molar-refractivity contribution is 5.70. The van der Waals surface area contributed by atoms with Crippen LogP contribution >= 0.6 is 0 Å². The standard InChI is InChI=1S/C16H20N4O2/c1-21-14-5-3-2-4-12(14)13-10-18-15(17)16(20-13)19-11-6-8-22-9-7-11/h2-5,10-11H,6-9H2,1H3,(H2,17,18)(H,19,20). The summed E-state index contributed by atoms with van der Waals surface area (Å²) in [6.45, 7) is 1.52. The maximum absolute atomic E-state index is 5.96. The molecule has 0 saturated carbocycles. The lowest BCUT2D eigenvalue weighted by Crippen LogP contribution is -2.28. The Bertz CT molecular complexity index is 642. The second-order valence-electron chi connectivity index (χ2n) is 5.22. The van der Waals surface area contributed by atoms with E-state index in [1.54, 1.807) is 13.3 Å². The molecule has 116 valence electrons. The van der Waals surface area contributed by atoms with Gasteiger partial charge in [0.15, 0.2) is 11.6 Å². The number of rotatable bonds is 4. The van der Waals surface area contributed by atoms with Crippen LogP contribution in [0.1, 0.15) is 12.8 Å². The largest absolute Gasteiger partial charge is 0.496 e. The van der Waals surface area contributed by atoms with E-state index in [0.29, 0.717) is 17.7 Å². The molecule has 1 aromatic carbocycles. The molecule has 0 radical (unpaired) electrons. The van der Waals surface area contributed by atoms with E-state index in [0.717, 1.165) is 43.1 Å². The highest BCUT2D eigenvalue weighted by atomic mass is 16.5. The molecular weight excluding hydrogens is 280 g/mol. The molecule has 2 heterocycles. The number of hydrogen-bond donors (Lipinski definition) is 2. The summed E-state index contributed by atoms with van der Waals surface area (Å²) >= 11 is 0. The molecule has 0 bridgehead atoms. The average Bonchev–Trinajstić information content (AvgIpc) is 2.58. The van der Waals surface area contributed by atoms with Crippen molar-refractivity contribution in [2.24, 2.45) is 0 Å². The van der Waals surface area contributed by atoms with Crippen LogP contribution in [0, 0.1) is 0 Å². The van der Waals surface area contributed by atoms with E-state index in [9.17, 15) is 0 Å². The van der Waals surface area contributed by atoms with Crippen molar-refractivity contribution in [2.75, 3.05) is 31.4 Å². The number of nitrogens with zero attached hydrogens (tertiary/aromatic N) is 2. The number of hydrogen-bond acceptors (Lipinski definition) is 6. The van der Waals surface area contributed by atoms with Crippen LogP contribution in [-0.2, 0) is 4.74 Å². The molecule has 3 rings (SSSR count). The molecular formula is C16H20N4O2. The lowest BCUT2D eigenvalue weighted by atomic mass is 10.1. The van der Waals surface area contributed by atoms with E-state index in [2.05, 4.69) is 15.3 Å². The van der Waals surface area contributed by atoms with Crippen molar-refractivity contribution in [3.63, 3.8) is 0 Å². The van der Waals surface area contributed by atoms with E-state index < -0.39 is 0 Å². The number of ether oxygens (including phenoxy) is 2. The third-order valence-electron chi connectivity index (χ3n) is 3.75. The minimum Gasteiger partial charge on any atom is -0.496 e. The quantitative estimate of drug-likeness (QED) is 0.901. The first-order valence-corrected chi connectivity index (χ1v) is 7.38. The van der Waals surface area contributed by atoms with Gasteiger partial charge in [0.05, 0.1) is 19.0 Å². The predicted octanol–water partition coefficient (Wildman–Crippen LogP) is 2.33. The molecule has 3 N–H and O–H groups in total. The van der Waals surface area contributed by atoms with Crippen LogP contribution in [0.25, 0.3) is 11.3 Å². The second kappa shape index (κ2) is 6.62. The van der Waals surface area contributed by atoms with Gasteiger partial charge >= 0.3 is 0 Å². The average molecular weight is 300 g/mol. The first-order valence-electron chi connectivity index (χ1n) is 7.38. The highest BCUT2D eigenvalue weighted by Crippen LogP contribution is 2.29. The van der Waals surface area contributed by atoms with Crippen molar-refractivity contribution >= 4 is 11.6 Å². The van der Waals surface area contributed by atoms with Crippen molar-refractivity contribution in [1.82, 2.24) is 9.97 Å². The Morgan fingerprint density at radius 2 is 2.05 bits per heavy atom. The summed E-state index contributed by atoms with van der Waals surface area (Å²) in [5.74, 6) is 1.79. The zero-order valence-corrected chi connectivity index (χ0v) is 12.6. The predicted molar refractivity (Wildman–Crippen MR) is 85.9 cm³/mol. The lowest BCUT2D eigenvalue weighted by Gasteiger charge is -2.24. The van der Waals surface area contributed by atoms with Gasteiger partial charge in [0.1, 0.15) is 5.75 Å². The Labute approximate surface area is 129 Å². The maximum Gasteiger partial charge on any atom is 0.169 e. The fraction of sp³-hybridized carbons (Fsp3) is 0.375. The fourth-order valence-corrected chi connectivity index (χ4v) is 2.53. The van der Waals surface area contributed by atoms with Gasteiger partial charge in [0.2, 0.25) is 0 Å². The number of nitrogen functional groups attached to an aromatic ring is 1. The molecule has 0 spiro atoms. The van der Waals surface area contributed by atoms with Gasteiger partial charge < -0.3 is 20.5 Å². The SMILES string of the molecule is COc1ccccc1-c1cnc(N)c(NC2CCOCC2)n1.